The molecular formula is C30H29F2N5O4. The van der Waals surface area contributed by atoms with Gasteiger partial charge in [-0.2, -0.15) is 0 Å². The molecule has 212 valence electrons. The summed E-state index contributed by atoms with van der Waals surface area (Å²) in [6.45, 7) is 8.23. The van der Waals surface area contributed by atoms with E-state index < -0.39 is 34.7 Å². The molecule has 0 aliphatic carbocycles. The van der Waals surface area contributed by atoms with Crippen LogP contribution in [0.5, 0.6) is 5.75 Å². The maximum absolute atomic E-state index is 15.8. The zero-order chi connectivity index (χ0) is 29.6. The molecule has 0 saturated carbocycles. The first-order valence-corrected chi connectivity index (χ1v) is 13.2. The number of halogens is 2. The van der Waals surface area contributed by atoms with Crippen molar-refractivity contribution in [3.8, 4) is 17.0 Å². The van der Waals surface area contributed by atoms with Gasteiger partial charge in [-0.15, -0.1) is 0 Å². The van der Waals surface area contributed by atoms with Gasteiger partial charge in [-0.1, -0.05) is 38.1 Å². The number of carbonyl (C=O) groups is 1. The average molecular weight is 562 g/mol. The fourth-order valence-electron chi connectivity index (χ4n) is 5.45. The SMILES string of the molecule is Cc1cccc(C(C)C)c1N1C(=C=O)N=C(N2CCN(C(=O)O)C[C@@H]2C)c2cc(F)c(-c3c(O)cccc3F)nc21. The molecule has 2 aromatic carbocycles. The minimum atomic E-state index is -1.05. The van der Waals surface area contributed by atoms with Crippen LogP contribution in [0.3, 0.4) is 0 Å². The van der Waals surface area contributed by atoms with E-state index in [1.165, 1.54) is 28.0 Å². The lowest BCUT2D eigenvalue weighted by molar-refractivity contribution is 0.106. The topological polar surface area (TPSA) is 110 Å². The Hall–Kier alpha value is -4.76. The molecule has 2 aliphatic rings. The number of benzene rings is 2. The average Bonchev–Trinajstić information content (AvgIpc) is 2.92. The Balaban J connectivity index is 1.79. The van der Waals surface area contributed by atoms with Crippen molar-refractivity contribution in [2.45, 2.75) is 39.7 Å². The number of amidine groups is 1. The maximum atomic E-state index is 15.8. The van der Waals surface area contributed by atoms with Crippen molar-refractivity contribution < 1.29 is 28.6 Å². The van der Waals surface area contributed by atoms with E-state index >= 15 is 4.39 Å². The van der Waals surface area contributed by atoms with Crippen LogP contribution in [0, 0.1) is 18.6 Å². The molecule has 0 radical (unpaired) electrons. The first-order valence-electron chi connectivity index (χ1n) is 13.2. The summed E-state index contributed by atoms with van der Waals surface area (Å²) in [6.07, 6.45) is -1.05. The lowest BCUT2D eigenvalue weighted by atomic mass is 9.96. The van der Waals surface area contributed by atoms with Gasteiger partial charge in [0.2, 0.25) is 5.82 Å². The minimum Gasteiger partial charge on any atom is -0.507 e. The van der Waals surface area contributed by atoms with Crippen LogP contribution in [-0.2, 0) is 4.79 Å². The number of carbonyl (C=O) groups excluding carboxylic acids is 1. The Labute approximate surface area is 235 Å². The second-order valence-electron chi connectivity index (χ2n) is 10.5. The van der Waals surface area contributed by atoms with Gasteiger partial charge >= 0.3 is 6.09 Å². The summed E-state index contributed by atoms with van der Waals surface area (Å²) in [4.78, 5) is 37.8. The van der Waals surface area contributed by atoms with E-state index in [0.717, 1.165) is 17.2 Å². The van der Waals surface area contributed by atoms with Crippen LogP contribution in [0.2, 0.25) is 0 Å². The van der Waals surface area contributed by atoms with E-state index in [1.807, 2.05) is 51.8 Å². The highest BCUT2D eigenvalue weighted by molar-refractivity contribution is 6.08. The number of phenolic OH excluding ortho intramolecular Hbond substituents is 1. The highest BCUT2D eigenvalue weighted by Crippen LogP contribution is 2.44. The summed E-state index contributed by atoms with van der Waals surface area (Å²) < 4.78 is 30.8. The Bertz CT molecular complexity index is 1610. The Morgan fingerprint density at radius 3 is 2.49 bits per heavy atom. The quantitative estimate of drug-likeness (QED) is 0.411. The molecule has 5 rings (SSSR count). The molecular weight excluding hydrogens is 532 g/mol. The zero-order valence-electron chi connectivity index (χ0n) is 23.0. The predicted octanol–water partition coefficient (Wildman–Crippen LogP) is 5.42. The number of piperazine rings is 1. The van der Waals surface area contributed by atoms with Gasteiger partial charge in [-0.3, -0.25) is 4.90 Å². The molecule has 0 bridgehead atoms. The highest BCUT2D eigenvalue weighted by Gasteiger charge is 2.38. The molecule has 2 aliphatic heterocycles. The molecule has 1 aromatic heterocycles. The van der Waals surface area contributed by atoms with Crippen LogP contribution < -0.4 is 4.90 Å². The van der Waals surface area contributed by atoms with Gasteiger partial charge in [-0.25, -0.2) is 28.3 Å². The molecule has 0 spiro atoms. The number of aromatic hydroxyl groups is 1. The van der Waals surface area contributed by atoms with Crippen molar-refractivity contribution >= 4 is 29.4 Å². The van der Waals surface area contributed by atoms with E-state index in [4.69, 9.17) is 0 Å². The number of fused-ring (bicyclic) bond motifs is 1. The van der Waals surface area contributed by atoms with Gasteiger partial charge in [-0.05, 0) is 49.1 Å². The number of rotatable bonds is 3. The molecule has 41 heavy (non-hydrogen) atoms. The number of anilines is 2. The number of hydrogen-bond donors (Lipinski definition) is 2. The Kier molecular flexibility index (Phi) is 7.23. The molecule has 1 fully saturated rings. The zero-order valence-corrected chi connectivity index (χ0v) is 23.0. The van der Waals surface area contributed by atoms with Crippen LogP contribution in [0.4, 0.5) is 25.1 Å². The largest absolute Gasteiger partial charge is 0.507 e. The number of phenols is 1. The van der Waals surface area contributed by atoms with Gasteiger partial charge in [0, 0.05) is 25.7 Å². The second kappa shape index (κ2) is 10.7. The summed E-state index contributed by atoms with van der Waals surface area (Å²) in [6, 6.07) is 10.1. The van der Waals surface area contributed by atoms with Crippen LogP contribution in [0.1, 0.15) is 43.4 Å². The van der Waals surface area contributed by atoms with Gasteiger partial charge in [0.25, 0.3) is 0 Å². The normalized spacial score (nSPS) is 17.0. The van der Waals surface area contributed by atoms with Crippen LogP contribution in [0.15, 0.2) is 53.3 Å². The van der Waals surface area contributed by atoms with Crippen molar-refractivity contribution in [2.75, 3.05) is 24.5 Å². The van der Waals surface area contributed by atoms with Crippen molar-refractivity contribution in [2.24, 2.45) is 4.99 Å². The Morgan fingerprint density at radius 2 is 1.85 bits per heavy atom. The number of aliphatic imine (C=N–C) groups is 1. The summed E-state index contributed by atoms with van der Waals surface area (Å²) in [7, 11) is 0. The first kappa shape index (κ1) is 27.8. The summed E-state index contributed by atoms with van der Waals surface area (Å²) in [5.74, 6) is -0.133. The van der Waals surface area contributed by atoms with Crippen molar-refractivity contribution in [3.05, 3.63) is 76.6 Å². The Morgan fingerprint density at radius 1 is 1.12 bits per heavy atom. The summed E-state index contributed by atoms with van der Waals surface area (Å²) in [5.41, 5.74) is 1.65. The number of aryl methyl sites for hydroxylation is 1. The van der Waals surface area contributed by atoms with Crippen LogP contribution >= 0.6 is 0 Å². The number of hydrogen-bond acceptors (Lipinski definition) is 7. The highest BCUT2D eigenvalue weighted by atomic mass is 19.1. The molecule has 3 aromatic rings. The molecule has 3 heterocycles. The molecule has 9 nitrogen and oxygen atoms in total. The molecule has 2 N–H and O–H groups in total. The van der Waals surface area contributed by atoms with Crippen LogP contribution in [-0.4, -0.2) is 68.5 Å². The number of para-hydroxylation sites is 1. The van der Waals surface area contributed by atoms with Gasteiger partial charge in [0.15, 0.2) is 17.6 Å². The van der Waals surface area contributed by atoms with E-state index in [2.05, 4.69) is 9.98 Å². The van der Waals surface area contributed by atoms with Gasteiger partial charge in [0.1, 0.15) is 23.1 Å². The fourth-order valence-corrected chi connectivity index (χ4v) is 5.45. The monoisotopic (exact) mass is 561 g/mol. The van der Waals surface area contributed by atoms with Gasteiger partial charge in [0.05, 0.1) is 16.8 Å². The predicted molar refractivity (Wildman–Crippen MR) is 150 cm³/mol. The van der Waals surface area contributed by atoms with Gasteiger partial charge < -0.3 is 20.0 Å². The number of amides is 1. The third-order valence-electron chi connectivity index (χ3n) is 7.44. The first-order chi connectivity index (χ1) is 19.5. The van der Waals surface area contributed by atoms with E-state index in [9.17, 15) is 24.2 Å². The van der Waals surface area contributed by atoms with Crippen molar-refractivity contribution in [3.63, 3.8) is 0 Å². The van der Waals surface area contributed by atoms with E-state index in [0.29, 0.717) is 5.69 Å². The fraction of sp³-hybridized carbons (Fsp3) is 0.300. The second-order valence-corrected chi connectivity index (χ2v) is 10.5. The minimum absolute atomic E-state index is 0.0197. The smallest absolute Gasteiger partial charge is 0.407 e. The molecule has 1 amide bonds. The van der Waals surface area contributed by atoms with Crippen LogP contribution in [0.25, 0.3) is 11.3 Å². The van der Waals surface area contributed by atoms with Crippen molar-refractivity contribution in [1.29, 1.82) is 0 Å². The number of pyridine rings is 1. The third kappa shape index (κ3) is 4.78. The lowest BCUT2D eigenvalue weighted by Gasteiger charge is -2.42. The maximum Gasteiger partial charge on any atom is 0.407 e. The third-order valence-corrected chi connectivity index (χ3v) is 7.44. The molecule has 11 heteroatoms. The lowest BCUT2D eigenvalue weighted by Crippen LogP contribution is -2.56. The number of nitrogens with zero attached hydrogens (tertiary/aromatic N) is 5. The molecule has 1 saturated heterocycles. The number of aromatic nitrogens is 1. The molecule has 1 atom stereocenters. The standard InChI is InChI=1S/C30H29F2N5O4/c1-16(2)19-8-5-7-17(3)27(19)37-24(15-38)33-28(36-12-11-35(30(40)41)14-18(36)4)20-13-22(32)26(34-29(20)37)25-21(31)9-6-10-23(25)39/h5-10,13,16,18,39H,11-12,14H2,1-4H3,(H,40,41)/t18-/m0/s1. The van der Waals surface area contributed by atoms with Crippen molar-refractivity contribution in [1.82, 2.24) is 14.8 Å². The number of carboxylic acid groups (broad SMARTS) is 1. The molecule has 0 unspecified atom stereocenters. The van der Waals surface area contributed by atoms with E-state index in [1.54, 1.807) is 4.90 Å². The summed E-state index contributed by atoms with van der Waals surface area (Å²) >= 11 is 0. The summed E-state index contributed by atoms with van der Waals surface area (Å²) in [5, 5.41) is 19.9. The van der Waals surface area contributed by atoms with E-state index in [-0.39, 0.29) is 54.6 Å².